The number of carbonyl (C=O) groups is 1. The molecule has 8 heteroatoms. The van der Waals surface area contributed by atoms with Crippen LogP contribution in [0.25, 0.3) is 0 Å². The number of amides is 1. The number of ether oxygens (including phenoxy) is 1. The van der Waals surface area contributed by atoms with Crippen molar-refractivity contribution in [2.45, 2.75) is 26.4 Å². The third kappa shape index (κ3) is 8.05. The minimum Gasteiger partial charge on any atom is -0.484 e. The summed E-state index contributed by atoms with van der Waals surface area (Å²) in [7, 11) is 5.18. The smallest absolute Gasteiger partial charge is 0.259 e. The summed E-state index contributed by atoms with van der Waals surface area (Å²) in [5.74, 6) is 1.36. The molecule has 0 unspecified atom stereocenters. The summed E-state index contributed by atoms with van der Waals surface area (Å²) in [5.41, 5.74) is 1.05. The highest BCUT2D eigenvalue weighted by Gasteiger charge is 2.06. The van der Waals surface area contributed by atoms with Gasteiger partial charge in [0.2, 0.25) is 0 Å². The summed E-state index contributed by atoms with van der Waals surface area (Å²) < 4.78 is 5.56. The van der Waals surface area contributed by atoms with Crippen molar-refractivity contribution in [1.29, 1.82) is 0 Å². The molecule has 2 rings (SSSR count). The summed E-state index contributed by atoms with van der Waals surface area (Å²) in [6.45, 7) is 3.56. The van der Waals surface area contributed by atoms with E-state index in [0.717, 1.165) is 24.5 Å². The van der Waals surface area contributed by atoms with Gasteiger partial charge < -0.3 is 20.3 Å². The fraction of sp³-hybridized carbons (Fsp3) is 0.400. The first-order valence-corrected chi connectivity index (χ1v) is 9.77. The molecule has 1 aromatic heterocycles. The van der Waals surface area contributed by atoms with Gasteiger partial charge >= 0.3 is 0 Å². The number of hydrogen-bond donors (Lipinski definition) is 2. The van der Waals surface area contributed by atoms with E-state index >= 15 is 0 Å². The first-order valence-electron chi connectivity index (χ1n) is 8.95. The van der Waals surface area contributed by atoms with Crippen LogP contribution in [0.4, 0.5) is 0 Å². The first-order chi connectivity index (χ1) is 13.0. The van der Waals surface area contributed by atoms with Gasteiger partial charge in [0.05, 0.1) is 6.54 Å². The maximum absolute atomic E-state index is 11.6. The van der Waals surface area contributed by atoms with Crippen molar-refractivity contribution in [2.24, 2.45) is 4.99 Å². The van der Waals surface area contributed by atoms with E-state index in [1.807, 2.05) is 35.6 Å². The van der Waals surface area contributed by atoms with Gasteiger partial charge in [0.15, 0.2) is 12.6 Å². The third-order valence-corrected chi connectivity index (χ3v) is 5.17. The lowest BCUT2D eigenvalue weighted by molar-refractivity contribution is -0.130. The Morgan fingerprint density at radius 2 is 1.86 bits per heavy atom. The second-order valence-corrected chi connectivity index (χ2v) is 7.48. The molecule has 0 saturated heterocycles. The minimum absolute atomic E-state index is 0. The molecule has 0 bridgehead atoms. The van der Waals surface area contributed by atoms with Crippen LogP contribution in [0.1, 0.15) is 22.2 Å². The Labute approximate surface area is 188 Å². The van der Waals surface area contributed by atoms with Crippen LogP contribution >= 0.6 is 35.3 Å². The molecule has 0 saturated carbocycles. The van der Waals surface area contributed by atoms with Crippen molar-refractivity contribution >= 4 is 47.2 Å². The Kier molecular flexibility index (Phi) is 10.9. The maximum atomic E-state index is 11.6. The number of aryl methyl sites for hydroxylation is 1. The van der Waals surface area contributed by atoms with E-state index in [1.165, 1.54) is 14.7 Å². The standard InChI is InChI=1S/C20H28N4O2S.HI/c1-5-17-9-10-18(27-17)13-23-20(21-2)22-12-15-7-6-8-16(11-15)26-14-19(25)24(3)4;/h6-11H,5,12-14H2,1-4H3,(H2,21,22,23);1H. The number of rotatable bonds is 8. The largest absolute Gasteiger partial charge is 0.484 e. The normalized spacial score (nSPS) is 10.8. The van der Waals surface area contributed by atoms with Crippen molar-refractivity contribution < 1.29 is 9.53 Å². The molecule has 0 fully saturated rings. The molecule has 154 valence electrons. The van der Waals surface area contributed by atoms with Crippen LogP contribution < -0.4 is 15.4 Å². The van der Waals surface area contributed by atoms with Crippen LogP contribution in [-0.4, -0.2) is 44.5 Å². The molecule has 6 nitrogen and oxygen atoms in total. The monoisotopic (exact) mass is 516 g/mol. The number of nitrogens with one attached hydrogen (secondary N) is 2. The van der Waals surface area contributed by atoms with Crippen LogP contribution in [0.2, 0.25) is 0 Å². The van der Waals surface area contributed by atoms with Crippen LogP contribution in [0.5, 0.6) is 5.75 Å². The molecule has 2 aromatic rings. The highest BCUT2D eigenvalue weighted by Crippen LogP contribution is 2.16. The first kappa shape index (κ1) is 24.2. The quantitative estimate of drug-likeness (QED) is 0.321. The van der Waals surface area contributed by atoms with E-state index in [-0.39, 0.29) is 36.5 Å². The number of thiophene rings is 1. The number of aliphatic imine (C=N–C) groups is 1. The summed E-state index contributed by atoms with van der Waals surface area (Å²) in [4.78, 5) is 20.1. The lowest BCUT2D eigenvalue weighted by atomic mass is 10.2. The number of likely N-dealkylation sites (N-methyl/N-ethyl adjacent to an activating group) is 1. The molecule has 0 spiro atoms. The topological polar surface area (TPSA) is 66.0 Å². The van der Waals surface area contributed by atoms with Gasteiger partial charge in [-0.3, -0.25) is 9.79 Å². The van der Waals surface area contributed by atoms with Crippen molar-refractivity contribution in [2.75, 3.05) is 27.7 Å². The zero-order valence-corrected chi connectivity index (χ0v) is 20.0. The fourth-order valence-corrected chi connectivity index (χ4v) is 3.20. The average Bonchev–Trinajstić information content (AvgIpc) is 3.14. The van der Waals surface area contributed by atoms with E-state index in [2.05, 4.69) is 34.7 Å². The van der Waals surface area contributed by atoms with Crippen LogP contribution in [-0.2, 0) is 24.3 Å². The van der Waals surface area contributed by atoms with Gasteiger partial charge in [-0.05, 0) is 36.2 Å². The highest BCUT2D eigenvalue weighted by molar-refractivity contribution is 14.0. The van der Waals surface area contributed by atoms with E-state index in [4.69, 9.17) is 4.74 Å². The number of halogens is 1. The van der Waals surface area contributed by atoms with Crippen molar-refractivity contribution in [3.05, 3.63) is 51.7 Å². The highest BCUT2D eigenvalue weighted by atomic mass is 127. The van der Waals surface area contributed by atoms with Gasteiger partial charge in [-0.1, -0.05) is 19.1 Å². The molecule has 0 aliphatic heterocycles. The Balaban J connectivity index is 0.00000392. The van der Waals surface area contributed by atoms with Crippen molar-refractivity contribution in [1.82, 2.24) is 15.5 Å². The summed E-state index contributed by atoms with van der Waals surface area (Å²) >= 11 is 1.82. The van der Waals surface area contributed by atoms with Gasteiger partial charge in [-0.2, -0.15) is 0 Å². The Bertz CT molecular complexity index is 777. The van der Waals surface area contributed by atoms with Crippen molar-refractivity contribution in [3.63, 3.8) is 0 Å². The number of benzene rings is 1. The van der Waals surface area contributed by atoms with E-state index in [0.29, 0.717) is 12.3 Å². The van der Waals surface area contributed by atoms with Gasteiger partial charge in [-0.25, -0.2) is 0 Å². The number of carbonyl (C=O) groups excluding carboxylic acids is 1. The second-order valence-electron chi connectivity index (χ2n) is 6.23. The third-order valence-electron chi connectivity index (χ3n) is 3.94. The van der Waals surface area contributed by atoms with E-state index in [1.54, 1.807) is 21.1 Å². The van der Waals surface area contributed by atoms with Crippen LogP contribution in [0.15, 0.2) is 41.4 Å². The summed E-state index contributed by atoms with van der Waals surface area (Å²) in [5, 5.41) is 6.63. The molecule has 28 heavy (non-hydrogen) atoms. The Morgan fingerprint density at radius 3 is 2.50 bits per heavy atom. The predicted octanol–water partition coefficient (Wildman–Crippen LogP) is 3.26. The molecule has 2 N–H and O–H groups in total. The van der Waals surface area contributed by atoms with E-state index in [9.17, 15) is 4.79 Å². The zero-order valence-electron chi connectivity index (χ0n) is 16.8. The van der Waals surface area contributed by atoms with Gasteiger partial charge in [0.1, 0.15) is 5.75 Å². The van der Waals surface area contributed by atoms with Gasteiger partial charge in [0.25, 0.3) is 5.91 Å². The molecule has 0 atom stereocenters. The number of hydrogen-bond acceptors (Lipinski definition) is 4. The lowest BCUT2D eigenvalue weighted by Crippen LogP contribution is -2.36. The van der Waals surface area contributed by atoms with Crippen LogP contribution in [0.3, 0.4) is 0 Å². The van der Waals surface area contributed by atoms with Gasteiger partial charge in [-0.15, -0.1) is 35.3 Å². The van der Waals surface area contributed by atoms with Crippen LogP contribution in [0, 0.1) is 0 Å². The Morgan fingerprint density at radius 1 is 1.14 bits per heavy atom. The lowest BCUT2D eigenvalue weighted by Gasteiger charge is -2.13. The Hall–Kier alpha value is -1.81. The molecule has 0 aliphatic carbocycles. The summed E-state index contributed by atoms with van der Waals surface area (Å²) in [6, 6.07) is 12.0. The SMILES string of the molecule is CCc1ccc(CNC(=NC)NCc2cccc(OCC(=O)N(C)C)c2)s1.I. The molecular formula is C20H29IN4O2S. The molecule has 1 amide bonds. The second kappa shape index (κ2) is 12.6. The minimum atomic E-state index is -0.0667. The number of guanidine groups is 1. The molecule has 0 aliphatic rings. The number of nitrogens with zero attached hydrogens (tertiary/aromatic N) is 2. The van der Waals surface area contributed by atoms with Gasteiger partial charge in [0, 0.05) is 37.4 Å². The predicted molar refractivity (Wildman–Crippen MR) is 127 cm³/mol. The molecule has 1 aromatic carbocycles. The maximum Gasteiger partial charge on any atom is 0.259 e. The van der Waals surface area contributed by atoms with Crippen molar-refractivity contribution in [3.8, 4) is 5.75 Å². The van der Waals surface area contributed by atoms with E-state index < -0.39 is 0 Å². The molecular weight excluding hydrogens is 487 g/mol. The summed E-state index contributed by atoms with van der Waals surface area (Å²) in [6.07, 6.45) is 1.07. The average molecular weight is 516 g/mol. The molecule has 1 heterocycles. The zero-order chi connectivity index (χ0) is 19.6. The molecule has 0 radical (unpaired) electrons. The fourth-order valence-electron chi connectivity index (χ4n) is 2.30.